The van der Waals surface area contributed by atoms with Crippen molar-refractivity contribution in [1.29, 1.82) is 0 Å². The molecule has 3 aromatic heterocycles. The van der Waals surface area contributed by atoms with Crippen LogP contribution in [0.5, 0.6) is 5.75 Å². The van der Waals surface area contributed by atoms with Crippen molar-refractivity contribution in [3.8, 4) is 28.3 Å². The molecule has 220 valence electrons. The minimum atomic E-state index is -0.508. The molecule has 10 nitrogen and oxygen atoms in total. The van der Waals surface area contributed by atoms with Gasteiger partial charge in [0.1, 0.15) is 11.6 Å². The molecule has 1 fully saturated rings. The molecule has 1 aliphatic rings. The van der Waals surface area contributed by atoms with Crippen molar-refractivity contribution < 1.29 is 13.9 Å². The van der Waals surface area contributed by atoms with Crippen molar-refractivity contribution in [1.82, 2.24) is 30.4 Å². The van der Waals surface area contributed by atoms with E-state index in [1.807, 2.05) is 36.5 Å². The molecule has 0 spiro atoms. The number of rotatable bonds is 7. The number of halogens is 1. The van der Waals surface area contributed by atoms with E-state index >= 15 is 0 Å². The van der Waals surface area contributed by atoms with Gasteiger partial charge in [0.15, 0.2) is 5.82 Å². The Bertz CT molecular complexity index is 1770. The van der Waals surface area contributed by atoms with Crippen molar-refractivity contribution in [2.45, 2.75) is 19.5 Å². The molecule has 0 saturated carbocycles. The summed E-state index contributed by atoms with van der Waals surface area (Å²) in [6.45, 7) is 5.48. The molecule has 5 aromatic rings. The summed E-state index contributed by atoms with van der Waals surface area (Å²) in [6, 6.07) is 16.0. The first kappa shape index (κ1) is 28.1. The number of hydrogen-bond donors (Lipinski definition) is 3. The molecule has 1 amide bonds. The molecule has 0 aliphatic carbocycles. The van der Waals surface area contributed by atoms with Crippen molar-refractivity contribution in [3.63, 3.8) is 0 Å². The molecule has 1 saturated heterocycles. The number of carbonyl (C=O) groups is 1. The highest BCUT2D eigenvalue weighted by atomic mass is 19.1. The second kappa shape index (κ2) is 11.7. The van der Waals surface area contributed by atoms with Crippen molar-refractivity contribution >= 4 is 28.3 Å². The normalized spacial score (nSPS) is 15.5. The fourth-order valence-electron chi connectivity index (χ4n) is 5.62. The molecule has 11 heteroatoms. The molecule has 4 N–H and O–H groups in total. The van der Waals surface area contributed by atoms with Crippen LogP contribution in [0.15, 0.2) is 67.0 Å². The summed E-state index contributed by atoms with van der Waals surface area (Å²) in [5.41, 5.74) is 12.3. The summed E-state index contributed by atoms with van der Waals surface area (Å²) in [6.07, 6.45) is 3.70. The maximum absolute atomic E-state index is 13.7. The third kappa shape index (κ3) is 5.59. The Hall–Kier alpha value is -5.03. The van der Waals surface area contributed by atoms with Crippen molar-refractivity contribution in [2.24, 2.45) is 0 Å². The number of nitrogens with zero attached hydrogens (tertiary/aromatic N) is 5. The number of hydrogen-bond acceptors (Lipinski definition) is 8. The van der Waals surface area contributed by atoms with Gasteiger partial charge >= 0.3 is 0 Å². The summed E-state index contributed by atoms with van der Waals surface area (Å²) in [4.78, 5) is 26.9. The van der Waals surface area contributed by atoms with Gasteiger partial charge in [-0.05, 0) is 49.9 Å². The number of nitrogens with one attached hydrogen (secondary N) is 2. The number of anilines is 2. The standard InChI is InChI=1S/C32H33FN8O2/c1-19-18-40(2)12-13-41(19)23-9-10-26(35-16-23)25-17-36-29(28-30(25)38-39-31(28)34)21-6-4-20(5-7-21)15-37-32(42)24-14-22(33)8-11-27(24)43-3/h4-11,14,16-17,19H,12-13,15,18H2,1-3H3,(H,37,42)(H3,34,38,39)/t19-/m1/s1. The Morgan fingerprint density at radius 2 is 1.93 bits per heavy atom. The highest BCUT2D eigenvalue weighted by Crippen LogP contribution is 2.35. The van der Waals surface area contributed by atoms with Crippen LogP contribution >= 0.6 is 0 Å². The number of likely N-dealkylation sites (N-methyl/N-ethyl adjacent to an activating group) is 1. The van der Waals surface area contributed by atoms with Crippen LogP contribution in [-0.4, -0.2) is 70.8 Å². The Morgan fingerprint density at radius 3 is 2.65 bits per heavy atom. The van der Waals surface area contributed by atoms with Crippen LogP contribution in [0, 0.1) is 5.82 Å². The van der Waals surface area contributed by atoms with E-state index in [0.29, 0.717) is 23.3 Å². The average Bonchev–Trinajstić information content (AvgIpc) is 3.41. The van der Waals surface area contributed by atoms with E-state index < -0.39 is 11.7 Å². The Labute approximate surface area is 248 Å². The Morgan fingerprint density at radius 1 is 1.12 bits per heavy atom. The van der Waals surface area contributed by atoms with E-state index in [0.717, 1.165) is 64.7 Å². The minimum Gasteiger partial charge on any atom is -0.496 e. The van der Waals surface area contributed by atoms with E-state index in [-0.39, 0.29) is 12.1 Å². The van der Waals surface area contributed by atoms with Crippen molar-refractivity contribution in [3.05, 3.63) is 83.9 Å². The third-order valence-electron chi connectivity index (χ3n) is 7.90. The second-order valence-corrected chi connectivity index (χ2v) is 10.8. The number of H-pyrrole nitrogens is 1. The zero-order valence-corrected chi connectivity index (χ0v) is 24.3. The van der Waals surface area contributed by atoms with E-state index in [1.165, 1.54) is 19.2 Å². The number of pyridine rings is 2. The molecule has 0 radical (unpaired) electrons. The quantitative estimate of drug-likeness (QED) is 0.257. The maximum Gasteiger partial charge on any atom is 0.255 e. The summed E-state index contributed by atoms with van der Waals surface area (Å²) in [7, 11) is 3.59. The lowest BCUT2D eigenvalue weighted by Crippen LogP contribution is -2.50. The molecule has 1 aliphatic heterocycles. The first-order valence-corrected chi connectivity index (χ1v) is 14.1. The van der Waals surface area contributed by atoms with Crippen molar-refractivity contribution in [2.75, 3.05) is 44.4 Å². The summed E-state index contributed by atoms with van der Waals surface area (Å²) in [5, 5.41) is 10.9. The summed E-state index contributed by atoms with van der Waals surface area (Å²) >= 11 is 0. The number of methoxy groups -OCH3 is 1. The number of fused-ring (bicyclic) bond motifs is 1. The van der Waals surface area contributed by atoms with Gasteiger partial charge in [0.2, 0.25) is 0 Å². The first-order valence-electron chi connectivity index (χ1n) is 14.1. The summed E-state index contributed by atoms with van der Waals surface area (Å²) in [5.74, 6) is -0.277. The molecule has 4 heterocycles. The van der Waals surface area contributed by atoms with Gasteiger partial charge in [-0.2, -0.15) is 5.10 Å². The SMILES string of the molecule is COc1ccc(F)cc1C(=O)NCc1ccc(-c2ncc(-c3ccc(N4CCN(C)C[C@H]4C)cn3)c3[nH]nc(N)c23)cc1. The maximum atomic E-state index is 13.7. The highest BCUT2D eigenvalue weighted by molar-refractivity contribution is 6.05. The van der Waals surface area contributed by atoms with Gasteiger partial charge in [-0.3, -0.25) is 19.9 Å². The van der Waals surface area contributed by atoms with Gasteiger partial charge in [0.25, 0.3) is 5.91 Å². The second-order valence-electron chi connectivity index (χ2n) is 10.8. The van der Waals surface area contributed by atoms with Gasteiger partial charge in [0, 0.05) is 49.5 Å². The number of nitrogens with two attached hydrogens (primary N) is 1. The molecular formula is C32H33FN8O2. The van der Waals surface area contributed by atoms with Crippen LogP contribution < -0.4 is 20.7 Å². The van der Waals surface area contributed by atoms with Gasteiger partial charge in [0.05, 0.1) is 46.8 Å². The smallest absolute Gasteiger partial charge is 0.255 e. The molecule has 0 bridgehead atoms. The van der Waals surface area contributed by atoms with E-state index in [2.05, 4.69) is 45.4 Å². The fourth-order valence-corrected chi connectivity index (χ4v) is 5.62. The molecule has 2 aromatic carbocycles. The lowest BCUT2D eigenvalue weighted by molar-refractivity contribution is 0.0947. The number of aromatic amines is 1. The van der Waals surface area contributed by atoms with Crippen LogP contribution in [0.1, 0.15) is 22.8 Å². The number of carbonyl (C=O) groups excluding carboxylic acids is 1. The van der Waals surface area contributed by atoms with Gasteiger partial charge in [-0.15, -0.1) is 0 Å². The average molecular weight is 581 g/mol. The zero-order chi connectivity index (χ0) is 30.1. The largest absolute Gasteiger partial charge is 0.496 e. The lowest BCUT2D eigenvalue weighted by Gasteiger charge is -2.39. The molecule has 0 unspecified atom stereocenters. The molecule has 6 rings (SSSR count). The van der Waals surface area contributed by atoms with Gasteiger partial charge in [-0.25, -0.2) is 4.39 Å². The number of piperazine rings is 1. The Kier molecular flexibility index (Phi) is 7.64. The predicted molar refractivity (Wildman–Crippen MR) is 165 cm³/mol. The van der Waals surface area contributed by atoms with Gasteiger partial charge < -0.3 is 25.6 Å². The van der Waals surface area contributed by atoms with Crippen LogP contribution in [-0.2, 0) is 6.54 Å². The van der Waals surface area contributed by atoms with Crippen LogP contribution in [0.25, 0.3) is 33.4 Å². The minimum absolute atomic E-state index is 0.138. The van der Waals surface area contributed by atoms with Gasteiger partial charge in [-0.1, -0.05) is 24.3 Å². The zero-order valence-electron chi connectivity index (χ0n) is 24.3. The number of amides is 1. The number of nitrogen functional groups attached to an aromatic ring is 1. The number of aromatic nitrogens is 4. The van der Waals surface area contributed by atoms with Crippen LogP contribution in [0.3, 0.4) is 0 Å². The molecule has 43 heavy (non-hydrogen) atoms. The molecule has 1 atom stereocenters. The third-order valence-corrected chi connectivity index (χ3v) is 7.90. The van der Waals surface area contributed by atoms with Crippen LogP contribution in [0.4, 0.5) is 15.9 Å². The van der Waals surface area contributed by atoms with E-state index in [9.17, 15) is 9.18 Å². The lowest BCUT2D eigenvalue weighted by atomic mass is 10.0. The first-order chi connectivity index (χ1) is 20.8. The van der Waals surface area contributed by atoms with E-state index in [4.69, 9.17) is 20.4 Å². The topological polar surface area (TPSA) is 125 Å². The number of benzene rings is 2. The Balaban J connectivity index is 1.21. The predicted octanol–water partition coefficient (Wildman–Crippen LogP) is 4.49. The fraction of sp³-hybridized carbons (Fsp3) is 0.250. The van der Waals surface area contributed by atoms with E-state index in [1.54, 1.807) is 6.20 Å². The molecular weight excluding hydrogens is 547 g/mol. The summed E-state index contributed by atoms with van der Waals surface area (Å²) < 4.78 is 18.9. The number of ether oxygens (including phenoxy) is 1. The monoisotopic (exact) mass is 580 g/mol. The van der Waals surface area contributed by atoms with Crippen LogP contribution in [0.2, 0.25) is 0 Å². The highest BCUT2D eigenvalue weighted by Gasteiger charge is 2.23.